The first-order chi connectivity index (χ1) is 13.1. The van der Waals surface area contributed by atoms with E-state index in [2.05, 4.69) is 73.4 Å². The number of benzene rings is 3. The second kappa shape index (κ2) is 9.41. The van der Waals surface area contributed by atoms with Crippen LogP contribution in [-0.4, -0.2) is 14.8 Å². The smallest absolute Gasteiger partial charge is 0.131 e. The minimum absolute atomic E-state index is 0.414. The highest BCUT2D eigenvalue weighted by molar-refractivity contribution is 7.92. The molecule has 0 N–H and O–H groups in total. The zero-order valence-electron chi connectivity index (χ0n) is 16.1. The first-order valence-electron chi connectivity index (χ1n) is 9.22. The van der Waals surface area contributed by atoms with E-state index in [9.17, 15) is 4.21 Å². The van der Waals surface area contributed by atoms with Gasteiger partial charge in [0.05, 0.1) is 4.90 Å². The van der Waals surface area contributed by atoms with Crippen LogP contribution in [0, 0.1) is 12.8 Å². The van der Waals surface area contributed by atoms with E-state index in [4.69, 9.17) is 0 Å². The van der Waals surface area contributed by atoms with Gasteiger partial charge in [-0.05, 0) is 35.6 Å². The maximum atomic E-state index is 13.6. The van der Waals surface area contributed by atoms with Crippen LogP contribution in [0.1, 0.15) is 19.4 Å². The van der Waals surface area contributed by atoms with Gasteiger partial charge in [0.15, 0.2) is 0 Å². The molecule has 0 saturated heterocycles. The topological polar surface area (TPSA) is 20.3 Å². The van der Waals surface area contributed by atoms with Crippen molar-refractivity contribution in [1.29, 1.82) is 0 Å². The molecule has 0 heterocycles. The zero-order valence-corrected chi connectivity index (χ0v) is 17.8. The lowest BCUT2D eigenvalue weighted by molar-refractivity contribution is 0.527. The quantitative estimate of drug-likeness (QED) is 0.514. The summed E-state index contributed by atoms with van der Waals surface area (Å²) in [4.78, 5) is 0.862. The first-order valence-corrected chi connectivity index (χ1v) is 11.6. The summed E-state index contributed by atoms with van der Waals surface area (Å²) >= 11 is 0. The van der Waals surface area contributed by atoms with Gasteiger partial charge in [-0.2, -0.15) is 4.08 Å². The Hall–Kier alpha value is -1.80. The maximum absolute atomic E-state index is 13.6. The molecule has 3 aromatic rings. The summed E-state index contributed by atoms with van der Waals surface area (Å²) in [6, 6.07) is 29.0. The molecule has 0 spiro atoms. The van der Waals surface area contributed by atoms with Crippen LogP contribution in [0.15, 0.2) is 89.8 Å². The molecule has 140 valence electrons. The molecule has 0 aliphatic rings. The fourth-order valence-corrected chi connectivity index (χ4v) is 7.56. The van der Waals surface area contributed by atoms with Crippen molar-refractivity contribution >= 4 is 29.7 Å². The van der Waals surface area contributed by atoms with E-state index in [1.54, 1.807) is 0 Å². The molecular weight excluding hydrogens is 369 g/mol. The molecule has 0 unspecified atom stereocenters. The highest BCUT2D eigenvalue weighted by Crippen LogP contribution is 2.41. The highest BCUT2D eigenvalue weighted by Gasteiger charge is 2.28. The molecule has 27 heavy (non-hydrogen) atoms. The van der Waals surface area contributed by atoms with Gasteiger partial charge < -0.3 is 0 Å². The lowest BCUT2D eigenvalue weighted by Crippen LogP contribution is -2.33. The number of aryl methyl sites for hydroxylation is 1. The van der Waals surface area contributed by atoms with Crippen LogP contribution >= 0.6 is 8.07 Å². The van der Waals surface area contributed by atoms with Gasteiger partial charge in [0.1, 0.15) is 11.0 Å². The van der Waals surface area contributed by atoms with Crippen molar-refractivity contribution in [3.05, 3.63) is 90.5 Å². The van der Waals surface area contributed by atoms with Crippen LogP contribution in [0.2, 0.25) is 0 Å². The van der Waals surface area contributed by atoms with Crippen molar-refractivity contribution in [3.63, 3.8) is 0 Å². The van der Waals surface area contributed by atoms with E-state index < -0.39 is 19.1 Å². The van der Waals surface area contributed by atoms with Gasteiger partial charge in [0.2, 0.25) is 0 Å². The van der Waals surface area contributed by atoms with Crippen LogP contribution in [0.4, 0.5) is 0 Å². The summed E-state index contributed by atoms with van der Waals surface area (Å²) in [6.45, 7) is 7.20. The van der Waals surface area contributed by atoms with Gasteiger partial charge in [-0.1, -0.05) is 92.2 Å². The Labute approximate surface area is 166 Å². The van der Waals surface area contributed by atoms with E-state index in [0.717, 1.165) is 11.4 Å². The van der Waals surface area contributed by atoms with Crippen LogP contribution in [0.3, 0.4) is 0 Å². The van der Waals surface area contributed by atoms with Crippen LogP contribution < -0.4 is 10.6 Å². The van der Waals surface area contributed by atoms with E-state index >= 15 is 0 Å². The van der Waals surface area contributed by atoms with Crippen molar-refractivity contribution in [2.75, 3.05) is 6.54 Å². The zero-order chi connectivity index (χ0) is 19.2. The molecule has 2 nitrogen and oxygen atoms in total. The SMILES string of the molecule is Cc1ccc([S@](=O)N(CC(C)C)P(c2ccccc2)c2ccccc2)cc1. The Balaban J connectivity index is 2.08. The van der Waals surface area contributed by atoms with E-state index in [-0.39, 0.29) is 0 Å². The third-order valence-corrected chi connectivity index (χ3v) is 8.49. The van der Waals surface area contributed by atoms with Gasteiger partial charge in [-0.15, -0.1) is 0 Å². The summed E-state index contributed by atoms with van der Waals surface area (Å²) < 4.78 is 15.8. The number of nitrogens with zero attached hydrogens (tertiary/aromatic N) is 1. The average molecular weight is 396 g/mol. The molecule has 0 aliphatic heterocycles. The molecule has 3 rings (SSSR count). The largest absolute Gasteiger partial charge is 0.237 e. The van der Waals surface area contributed by atoms with Gasteiger partial charge in [0.25, 0.3) is 0 Å². The molecule has 0 amide bonds. The van der Waals surface area contributed by atoms with Crippen molar-refractivity contribution in [2.45, 2.75) is 25.7 Å². The number of rotatable bonds is 7. The molecule has 0 saturated carbocycles. The molecule has 0 aliphatic carbocycles. The summed E-state index contributed by atoms with van der Waals surface area (Å²) in [5, 5.41) is 2.44. The van der Waals surface area contributed by atoms with Crippen molar-refractivity contribution in [3.8, 4) is 0 Å². The third kappa shape index (κ3) is 5.13. The Morgan fingerprint density at radius 3 is 1.74 bits per heavy atom. The Morgan fingerprint density at radius 1 is 0.815 bits per heavy atom. The molecule has 0 aromatic heterocycles. The van der Waals surface area contributed by atoms with Crippen LogP contribution in [0.25, 0.3) is 0 Å². The lowest BCUT2D eigenvalue weighted by Gasteiger charge is -2.32. The maximum Gasteiger partial charge on any atom is 0.131 e. The third-order valence-electron chi connectivity index (χ3n) is 4.16. The summed E-state index contributed by atoms with van der Waals surface area (Å²) in [5.41, 5.74) is 1.18. The van der Waals surface area contributed by atoms with Gasteiger partial charge in [-0.25, -0.2) is 4.21 Å². The lowest BCUT2D eigenvalue weighted by atomic mass is 10.2. The number of hydrogen-bond donors (Lipinski definition) is 0. The van der Waals surface area contributed by atoms with Crippen molar-refractivity contribution < 1.29 is 4.21 Å². The minimum atomic E-state index is -1.22. The average Bonchev–Trinajstić information content (AvgIpc) is 2.69. The fourth-order valence-electron chi connectivity index (χ4n) is 2.86. The van der Waals surface area contributed by atoms with Crippen LogP contribution in [-0.2, 0) is 11.0 Å². The molecule has 0 bridgehead atoms. The standard InChI is InChI=1S/C23H26NOPS/c1-19(2)18-24(27(25)23-16-14-20(3)15-17-23)26(21-10-6-4-7-11-21)22-12-8-5-9-13-22/h4-17,19H,18H2,1-3H3/t27-/m0/s1. The van der Waals surface area contributed by atoms with E-state index in [0.29, 0.717) is 5.92 Å². The van der Waals surface area contributed by atoms with Crippen LogP contribution in [0.5, 0.6) is 0 Å². The van der Waals surface area contributed by atoms with Crippen molar-refractivity contribution in [2.24, 2.45) is 5.92 Å². The predicted molar refractivity (Wildman–Crippen MR) is 118 cm³/mol. The van der Waals surface area contributed by atoms with Gasteiger partial charge in [-0.3, -0.25) is 0 Å². The monoisotopic (exact) mass is 395 g/mol. The molecule has 0 fully saturated rings. The summed E-state index contributed by atoms with van der Waals surface area (Å²) in [6.07, 6.45) is 0. The highest BCUT2D eigenvalue weighted by atomic mass is 32.2. The summed E-state index contributed by atoms with van der Waals surface area (Å²) in [5.74, 6) is 0.414. The van der Waals surface area contributed by atoms with Gasteiger partial charge in [0, 0.05) is 14.6 Å². The molecule has 4 heteroatoms. The molecular formula is C23H26NOPS. The van der Waals surface area contributed by atoms with Gasteiger partial charge >= 0.3 is 0 Å². The molecule has 0 radical (unpaired) electrons. The second-order valence-corrected chi connectivity index (χ2v) is 10.8. The predicted octanol–water partition coefficient (Wildman–Crippen LogP) is 5.02. The summed E-state index contributed by atoms with van der Waals surface area (Å²) in [7, 11) is -2.10. The Bertz CT molecular complexity index is 826. The second-order valence-electron chi connectivity index (χ2n) is 6.97. The fraction of sp³-hybridized carbons (Fsp3) is 0.217. The number of hydrogen-bond acceptors (Lipinski definition) is 1. The molecule has 1 atom stereocenters. The normalized spacial score (nSPS) is 12.7. The minimum Gasteiger partial charge on any atom is -0.237 e. The van der Waals surface area contributed by atoms with E-state index in [1.807, 2.05) is 36.4 Å². The van der Waals surface area contributed by atoms with E-state index in [1.165, 1.54) is 16.2 Å². The Morgan fingerprint density at radius 2 is 1.30 bits per heavy atom. The Kier molecular flexibility index (Phi) is 6.95. The molecule has 3 aromatic carbocycles. The first kappa shape index (κ1) is 19.9. The van der Waals surface area contributed by atoms with Crippen molar-refractivity contribution in [1.82, 2.24) is 4.08 Å².